The van der Waals surface area contributed by atoms with Crippen LogP contribution >= 0.6 is 0 Å². The number of benzene rings is 2. The topological polar surface area (TPSA) is 110 Å². The lowest BCUT2D eigenvalue weighted by Gasteiger charge is -2.14. The number of non-ortho nitro benzene ring substituents is 1. The second-order valence-corrected chi connectivity index (χ2v) is 6.20. The maximum Gasteiger partial charge on any atom is 0.270 e. The molecule has 3 rings (SSSR count). The number of hydrogen-bond donors (Lipinski definition) is 2. The summed E-state index contributed by atoms with van der Waals surface area (Å²) in [4.78, 5) is 19.3. The first-order chi connectivity index (χ1) is 13.5. The van der Waals surface area contributed by atoms with Gasteiger partial charge in [0.2, 0.25) is 0 Å². The van der Waals surface area contributed by atoms with Gasteiger partial charge in [-0.15, -0.1) is 0 Å². The summed E-state index contributed by atoms with van der Waals surface area (Å²) in [6, 6.07) is 15.1. The molecule has 1 atom stereocenters. The van der Waals surface area contributed by atoms with E-state index in [0.29, 0.717) is 22.9 Å². The van der Waals surface area contributed by atoms with Crippen LogP contribution < -0.4 is 10.1 Å². The molecule has 0 radical (unpaired) electrons. The molecule has 0 aliphatic rings. The number of aryl methyl sites for hydroxylation is 1. The molecule has 3 aromatic rings. The fourth-order valence-electron chi connectivity index (χ4n) is 2.69. The zero-order chi connectivity index (χ0) is 20.1. The zero-order valence-corrected chi connectivity index (χ0v) is 15.5. The van der Waals surface area contributed by atoms with E-state index in [4.69, 9.17) is 4.74 Å². The fraction of sp³-hybridized carbons (Fsp3) is 0.200. The Hall–Kier alpha value is -3.52. The van der Waals surface area contributed by atoms with Gasteiger partial charge in [0.15, 0.2) is 5.82 Å². The lowest BCUT2D eigenvalue weighted by Crippen LogP contribution is -2.13. The molecule has 0 aliphatic heterocycles. The SMILES string of the molecule is COc1ccc(C(O)CNc2cc(C)nc(-c3cccc([N+](=O)[O-])c3)n2)cc1. The monoisotopic (exact) mass is 380 g/mol. The Labute approximate surface area is 162 Å². The molecular formula is C20H20N4O4. The van der Waals surface area contributed by atoms with Gasteiger partial charge in [-0.05, 0) is 24.6 Å². The smallest absolute Gasteiger partial charge is 0.270 e. The van der Waals surface area contributed by atoms with Crippen molar-refractivity contribution in [2.24, 2.45) is 0 Å². The Kier molecular flexibility index (Phi) is 5.81. The van der Waals surface area contributed by atoms with Crippen molar-refractivity contribution in [3.63, 3.8) is 0 Å². The minimum Gasteiger partial charge on any atom is -0.497 e. The molecule has 1 aromatic heterocycles. The summed E-state index contributed by atoms with van der Waals surface area (Å²) in [5.74, 6) is 1.63. The maximum absolute atomic E-state index is 11.0. The van der Waals surface area contributed by atoms with E-state index >= 15 is 0 Å². The van der Waals surface area contributed by atoms with E-state index in [9.17, 15) is 15.2 Å². The molecule has 2 N–H and O–H groups in total. The predicted molar refractivity (Wildman–Crippen MR) is 105 cm³/mol. The van der Waals surface area contributed by atoms with Crippen molar-refractivity contribution in [2.45, 2.75) is 13.0 Å². The normalized spacial score (nSPS) is 11.7. The first-order valence-corrected chi connectivity index (χ1v) is 8.62. The summed E-state index contributed by atoms with van der Waals surface area (Å²) >= 11 is 0. The van der Waals surface area contributed by atoms with Gasteiger partial charge in [0, 0.05) is 36.0 Å². The summed E-state index contributed by atoms with van der Waals surface area (Å²) in [5, 5.41) is 24.5. The van der Waals surface area contributed by atoms with Crippen LogP contribution in [0.4, 0.5) is 11.5 Å². The minimum absolute atomic E-state index is 0.0213. The quantitative estimate of drug-likeness (QED) is 0.476. The molecule has 28 heavy (non-hydrogen) atoms. The number of aromatic nitrogens is 2. The van der Waals surface area contributed by atoms with E-state index in [-0.39, 0.29) is 12.2 Å². The fourth-order valence-corrected chi connectivity index (χ4v) is 2.69. The average Bonchev–Trinajstić information content (AvgIpc) is 2.71. The number of ether oxygens (including phenoxy) is 1. The second-order valence-electron chi connectivity index (χ2n) is 6.20. The van der Waals surface area contributed by atoms with Crippen LogP contribution in [0.5, 0.6) is 5.75 Å². The van der Waals surface area contributed by atoms with E-state index in [0.717, 1.165) is 11.3 Å². The summed E-state index contributed by atoms with van der Waals surface area (Å²) in [5.41, 5.74) is 1.99. The molecule has 144 valence electrons. The molecule has 0 saturated carbocycles. The molecule has 0 fully saturated rings. The molecule has 8 nitrogen and oxygen atoms in total. The highest BCUT2D eigenvalue weighted by molar-refractivity contribution is 5.61. The van der Waals surface area contributed by atoms with Crippen LogP contribution in [-0.4, -0.2) is 33.7 Å². The Balaban J connectivity index is 1.76. The minimum atomic E-state index is -0.734. The molecule has 0 aliphatic carbocycles. The highest BCUT2D eigenvalue weighted by Gasteiger charge is 2.12. The summed E-state index contributed by atoms with van der Waals surface area (Å²) in [6.07, 6.45) is -0.734. The van der Waals surface area contributed by atoms with Crippen molar-refractivity contribution in [1.29, 1.82) is 0 Å². The van der Waals surface area contributed by atoms with Crippen LogP contribution in [0.3, 0.4) is 0 Å². The van der Waals surface area contributed by atoms with Gasteiger partial charge in [0.1, 0.15) is 11.6 Å². The Morgan fingerprint density at radius 2 is 1.93 bits per heavy atom. The standard InChI is InChI=1S/C20H20N4O4/c1-13-10-19(21-12-18(25)14-6-8-17(28-2)9-7-14)23-20(22-13)15-4-3-5-16(11-15)24(26)27/h3-11,18,25H,12H2,1-2H3,(H,21,22,23). The van der Waals surface area contributed by atoms with E-state index in [1.54, 1.807) is 49.6 Å². The van der Waals surface area contributed by atoms with Crippen LogP contribution in [0.25, 0.3) is 11.4 Å². The van der Waals surface area contributed by atoms with Gasteiger partial charge in [0.25, 0.3) is 5.69 Å². The van der Waals surface area contributed by atoms with Crippen LogP contribution in [0.2, 0.25) is 0 Å². The van der Waals surface area contributed by atoms with Crippen LogP contribution in [-0.2, 0) is 0 Å². The highest BCUT2D eigenvalue weighted by atomic mass is 16.6. The molecule has 8 heteroatoms. The van der Waals surface area contributed by atoms with E-state index in [1.165, 1.54) is 12.1 Å². The van der Waals surface area contributed by atoms with Crippen LogP contribution in [0.1, 0.15) is 17.4 Å². The van der Waals surface area contributed by atoms with Crippen molar-refractivity contribution >= 4 is 11.5 Å². The third kappa shape index (κ3) is 4.60. The van der Waals surface area contributed by atoms with E-state index < -0.39 is 11.0 Å². The van der Waals surface area contributed by atoms with Gasteiger partial charge in [-0.3, -0.25) is 10.1 Å². The van der Waals surface area contributed by atoms with Gasteiger partial charge >= 0.3 is 0 Å². The molecule has 2 aromatic carbocycles. The van der Waals surface area contributed by atoms with Crippen LogP contribution in [0.15, 0.2) is 54.6 Å². The van der Waals surface area contributed by atoms with Crippen molar-refractivity contribution in [3.8, 4) is 17.1 Å². The molecule has 0 bridgehead atoms. The number of aliphatic hydroxyl groups is 1. The summed E-state index contributed by atoms with van der Waals surface area (Å²) < 4.78 is 5.11. The van der Waals surface area contributed by atoms with Gasteiger partial charge < -0.3 is 15.2 Å². The number of anilines is 1. The number of nitro benzene ring substituents is 1. The van der Waals surface area contributed by atoms with Gasteiger partial charge in [-0.1, -0.05) is 24.3 Å². The van der Waals surface area contributed by atoms with Gasteiger partial charge in [-0.25, -0.2) is 9.97 Å². The number of methoxy groups -OCH3 is 1. The van der Waals surface area contributed by atoms with Crippen LogP contribution in [0, 0.1) is 17.0 Å². The summed E-state index contributed by atoms with van der Waals surface area (Å²) in [7, 11) is 1.59. The number of nitro groups is 1. The number of aliphatic hydroxyl groups excluding tert-OH is 1. The average molecular weight is 380 g/mol. The molecule has 0 saturated heterocycles. The predicted octanol–water partition coefficient (Wildman–Crippen LogP) is 3.51. The summed E-state index contributed by atoms with van der Waals surface area (Å²) in [6.45, 7) is 2.06. The van der Waals surface area contributed by atoms with Crippen molar-refractivity contribution in [3.05, 3.63) is 76.0 Å². The van der Waals surface area contributed by atoms with Crippen molar-refractivity contribution < 1.29 is 14.8 Å². The molecule has 0 amide bonds. The number of nitrogens with zero attached hydrogens (tertiary/aromatic N) is 3. The Morgan fingerprint density at radius 3 is 2.61 bits per heavy atom. The zero-order valence-electron chi connectivity index (χ0n) is 15.5. The number of nitrogens with one attached hydrogen (secondary N) is 1. The highest BCUT2D eigenvalue weighted by Crippen LogP contribution is 2.23. The van der Waals surface area contributed by atoms with Crippen molar-refractivity contribution in [1.82, 2.24) is 9.97 Å². The van der Waals surface area contributed by atoms with Crippen molar-refractivity contribution in [2.75, 3.05) is 19.0 Å². The third-order valence-corrected chi connectivity index (χ3v) is 4.15. The Morgan fingerprint density at radius 1 is 1.18 bits per heavy atom. The maximum atomic E-state index is 11.0. The number of hydrogen-bond acceptors (Lipinski definition) is 7. The molecule has 1 heterocycles. The first-order valence-electron chi connectivity index (χ1n) is 8.62. The molecule has 0 spiro atoms. The molecular weight excluding hydrogens is 360 g/mol. The lowest BCUT2D eigenvalue weighted by molar-refractivity contribution is -0.384. The van der Waals surface area contributed by atoms with Gasteiger partial charge in [-0.2, -0.15) is 0 Å². The largest absolute Gasteiger partial charge is 0.497 e. The second kappa shape index (κ2) is 8.45. The van der Waals surface area contributed by atoms with E-state index in [1.807, 2.05) is 6.92 Å². The lowest BCUT2D eigenvalue weighted by atomic mass is 10.1. The van der Waals surface area contributed by atoms with Gasteiger partial charge in [0.05, 0.1) is 18.1 Å². The van der Waals surface area contributed by atoms with E-state index in [2.05, 4.69) is 15.3 Å². The Bertz CT molecular complexity index is 976. The molecule has 1 unspecified atom stereocenters. The third-order valence-electron chi connectivity index (χ3n) is 4.15. The number of rotatable bonds is 7. The first kappa shape index (κ1) is 19.2.